The van der Waals surface area contributed by atoms with E-state index < -0.39 is 0 Å². The summed E-state index contributed by atoms with van der Waals surface area (Å²) < 4.78 is 2.09. The molecule has 23 heavy (non-hydrogen) atoms. The number of hydrogen-bond acceptors (Lipinski definition) is 2. The third-order valence-corrected chi connectivity index (χ3v) is 4.53. The quantitative estimate of drug-likeness (QED) is 0.791. The number of fused-ring (bicyclic) bond motifs is 1. The van der Waals surface area contributed by atoms with Gasteiger partial charge in [-0.3, -0.25) is 0 Å². The lowest BCUT2D eigenvalue weighted by atomic mass is 10.1. The highest BCUT2D eigenvalue weighted by atomic mass is 15.3. The highest BCUT2D eigenvalue weighted by molar-refractivity contribution is 5.59. The first-order valence-electron chi connectivity index (χ1n) is 8.18. The van der Waals surface area contributed by atoms with Crippen molar-refractivity contribution in [2.45, 2.75) is 26.7 Å². The molecule has 2 aromatic carbocycles. The minimum Gasteiger partial charge on any atom is -0.369 e. The molecule has 1 aliphatic heterocycles. The average Bonchev–Trinajstić information content (AvgIpc) is 3.13. The Labute approximate surface area is 137 Å². The van der Waals surface area contributed by atoms with Gasteiger partial charge < -0.3 is 5.32 Å². The van der Waals surface area contributed by atoms with Crippen molar-refractivity contribution in [1.82, 2.24) is 9.78 Å². The van der Waals surface area contributed by atoms with Crippen LogP contribution in [0.15, 0.2) is 48.5 Å². The smallest absolute Gasteiger partial charge is 0.133 e. The number of aryl methyl sites for hydroxylation is 2. The Bertz CT molecular complexity index is 847. The Hall–Kier alpha value is -2.55. The van der Waals surface area contributed by atoms with Crippen LogP contribution in [0.2, 0.25) is 0 Å². The lowest BCUT2D eigenvalue weighted by Crippen LogP contribution is -2.06. The molecule has 0 aliphatic carbocycles. The Morgan fingerprint density at radius 3 is 2.70 bits per heavy atom. The van der Waals surface area contributed by atoms with Crippen LogP contribution in [0.5, 0.6) is 0 Å². The van der Waals surface area contributed by atoms with E-state index in [9.17, 15) is 0 Å². The summed E-state index contributed by atoms with van der Waals surface area (Å²) in [5.41, 5.74) is 7.58. The highest BCUT2D eigenvalue weighted by Gasteiger charge is 2.23. The van der Waals surface area contributed by atoms with Crippen molar-refractivity contribution < 1.29 is 0 Å². The molecule has 3 heteroatoms. The van der Waals surface area contributed by atoms with Gasteiger partial charge in [0.15, 0.2) is 0 Å². The molecule has 0 atom stereocenters. The minimum absolute atomic E-state index is 0.892. The van der Waals surface area contributed by atoms with Gasteiger partial charge in [-0.05, 0) is 37.5 Å². The molecule has 0 fully saturated rings. The number of aromatic nitrogens is 2. The topological polar surface area (TPSA) is 29.9 Å². The van der Waals surface area contributed by atoms with Crippen LogP contribution >= 0.6 is 0 Å². The fraction of sp³-hybridized carbons (Fsp3) is 0.250. The maximum Gasteiger partial charge on any atom is 0.133 e. The monoisotopic (exact) mass is 303 g/mol. The van der Waals surface area contributed by atoms with Gasteiger partial charge in [0, 0.05) is 18.5 Å². The lowest BCUT2D eigenvalue weighted by Gasteiger charge is -2.10. The Morgan fingerprint density at radius 2 is 1.91 bits per heavy atom. The largest absolute Gasteiger partial charge is 0.369 e. The third-order valence-electron chi connectivity index (χ3n) is 4.53. The number of anilines is 1. The molecule has 0 bridgehead atoms. The van der Waals surface area contributed by atoms with Crippen molar-refractivity contribution >= 4 is 5.82 Å². The van der Waals surface area contributed by atoms with Crippen molar-refractivity contribution in [2.75, 3.05) is 11.9 Å². The second-order valence-electron chi connectivity index (χ2n) is 6.31. The predicted molar refractivity (Wildman–Crippen MR) is 94.5 cm³/mol. The van der Waals surface area contributed by atoms with Crippen LogP contribution in [0, 0.1) is 13.8 Å². The number of benzene rings is 2. The molecule has 0 unspecified atom stereocenters. The van der Waals surface area contributed by atoms with Gasteiger partial charge in [-0.15, -0.1) is 0 Å². The Balaban J connectivity index is 1.78. The van der Waals surface area contributed by atoms with Crippen molar-refractivity contribution in [3.63, 3.8) is 0 Å². The van der Waals surface area contributed by atoms with Crippen LogP contribution in [0.3, 0.4) is 0 Å². The Kier molecular flexibility index (Phi) is 3.41. The molecule has 3 aromatic rings. The van der Waals surface area contributed by atoms with E-state index in [0.717, 1.165) is 19.4 Å². The molecular formula is C20H21N3. The number of rotatable bonds is 3. The minimum atomic E-state index is 0.892. The van der Waals surface area contributed by atoms with Gasteiger partial charge in [-0.1, -0.05) is 48.0 Å². The summed E-state index contributed by atoms with van der Waals surface area (Å²) in [4.78, 5) is 0. The molecular weight excluding hydrogens is 282 g/mol. The standard InChI is InChI=1S/C20H21N3/c1-14-8-9-19(15(2)12-14)23-20-17(10-11-21-20)18(22-23)13-16-6-4-3-5-7-16/h3-9,12,21H,10-11,13H2,1-2H3. The van der Waals surface area contributed by atoms with E-state index in [-0.39, 0.29) is 0 Å². The first-order valence-corrected chi connectivity index (χ1v) is 8.18. The molecule has 116 valence electrons. The van der Waals surface area contributed by atoms with Crippen molar-refractivity contribution in [3.8, 4) is 5.69 Å². The average molecular weight is 303 g/mol. The molecule has 4 rings (SSSR count). The summed E-state index contributed by atoms with van der Waals surface area (Å²) in [5, 5.41) is 8.46. The zero-order chi connectivity index (χ0) is 15.8. The highest BCUT2D eigenvalue weighted by Crippen LogP contribution is 2.31. The molecule has 0 spiro atoms. The maximum absolute atomic E-state index is 4.94. The molecule has 3 nitrogen and oxygen atoms in total. The van der Waals surface area contributed by atoms with Crippen LogP contribution in [0.1, 0.15) is 27.9 Å². The van der Waals surface area contributed by atoms with Gasteiger partial charge in [0.2, 0.25) is 0 Å². The summed E-state index contributed by atoms with van der Waals surface area (Å²) in [6, 6.07) is 17.1. The van der Waals surface area contributed by atoms with Crippen LogP contribution in [0.4, 0.5) is 5.82 Å². The van der Waals surface area contributed by atoms with Gasteiger partial charge in [0.05, 0.1) is 11.4 Å². The fourth-order valence-electron chi connectivity index (χ4n) is 3.39. The molecule has 1 aliphatic rings. The lowest BCUT2D eigenvalue weighted by molar-refractivity contribution is 0.834. The normalized spacial score (nSPS) is 13.0. The summed E-state index contributed by atoms with van der Waals surface area (Å²) in [6.07, 6.45) is 1.95. The first kappa shape index (κ1) is 14.1. The van der Waals surface area contributed by atoms with E-state index in [1.807, 2.05) is 0 Å². The molecule has 0 saturated carbocycles. The van der Waals surface area contributed by atoms with Crippen LogP contribution < -0.4 is 5.32 Å². The summed E-state index contributed by atoms with van der Waals surface area (Å²) in [6.45, 7) is 5.28. The summed E-state index contributed by atoms with van der Waals surface area (Å²) >= 11 is 0. The van der Waals surface area contributed by atoms with Gasteiger partial charge >= 0.3 is 0 Å². The third kappa shape index (κ3) is 2.52. The second kappa shape index (κ2) is 5.58. The van der Waals surface area contributed by atoms with E-state index in [1.54, 1.807) is 0 Å². The Morgan fingerprint density at radius 1 is 1.09 bits per heavy atom. The number of nitrogens with one attached hydrogen (secondary N) is 1. The first-order chi connectivity index (χ1) is 11.2. The van der Waals surface area contributed by atoms with E-state index in [4.69, 9.17) is 5.10 Å². The molecule has 1 aromatic heterocycles. The van der Waals surface area contributed by atoms with Crippen molar-refractivity contribution in [3.05, 3.63) is 76.5 Å². The van der Waals surface area contributed by atoms with Gasteiger partial charge in [0.1, 0.15) is 5.82 Å². The summed E-state index contributed by atoms with van der Waals surface area (Å²) in [5.74, 6) is 1.17. The molecule has 0 amide bonds. The number of hydrogen-bond donors (Lipinski definition) is 1. The maximum atomic E-state index is 4.94. The zero-order valence-electron chi connectivity index (χ0n) is 13.6. The predicted octanol–water partition coefficient (Wildman–Crippen LogP) is 4.05. The van der Waals surface area contributed by atoms with Crippen molar-refractivity contribution in [2.24, 2.45) is 0 Å². The van der Waals surface area contributed by atoms with E-state index in [1.165, 1.54) is 39.5 Å². The van der Waals surface area contributed by atoms with Crippen molar-refractivity contribution in [1.29, 1.82) is 0 Å². The van der Waals surface area contributed by atoms with Crippen LogP contribution in [0.25, 0.3) is 5.69 Å². The molecule has 1 N–H and O–H groups in total. The molecule has 2 heterocycles. The fourth-order valence-corrected chi connectivity index (χ4v) is 3.39. The van der Waals surface area contributed by atoms with E-state index >= 15 is 0 Å². The van der Waals surface area contributed by atoms with E-state index in [0.29, 0.717) is 0 Å². The summed E-state index contributed by atoms with van der Waals surface area (Å²) in [7, 11) is 0. The molecule has 0 radical (unpaired) electrons. The van der Waals surface area contributed by atoms with Crippen LogP contribution in [-0.4, -0.2) is 16.3 Å². The zero-order valence-corrected chi connectivity index (χ0v) is 13.6. The van der Waals surface area contributed by atoms with Gasteiger partial charge in [0.25, 0.3) is 0 Å². The molecule has 0 saturated heterocycles. The number of nitrogens with zero attached hydrogens (tertiary/aromatic N) is 2. The van der Waals surface area contributed by atoms with Gasteiger partial charge in [-0.2, -0.15) is 5.10 Å². The van der Waals surface area contributed by atoms with Crippen LogP contribution in [-0.2, 0) is 12.8 Å². The second-order valence-corrected chi connectivity index (χ2v) is 6.31. The van der Waals surface area contributed by atoms with E-state index in [2.05, 4.69) is 72.4 Å². The SMILES string of the molecule is Cc1ccc(-n2nc(Cc3ccccc3)c3c2NCC3)c(C)c1. The van der Waals surface area contributed by atoms with Gasteiger partial charge in [-0.25, -0.2) is 4.68 Å².